The molecule has 0 aliphatic carbocycles. The number of nitrogens with two attached hydrogens (primary N) is 2. The van der Waals surface area contributed by atoms with Gasteiger partial charge in [0, 0.05) is 18.5 Å². The van der Waals surface area contributed by atoms with E-state index >= 15 is 0 Å². The van der Waals surface area contributed by atoms with E-state index in [1.165, 1.54) is 24.7 Å². The first-order chi connectivity index (χ1) is 13.1. The zero-order valence-electron chi connectivity index (χ0n) is 13.8. The molecule has 0 aromatic carbocycles. The number of rotatable bonds is 2. The first-order valence-electron chi connectivity index (χ1n) is 7.29. The van der Waals surface area contributed by atoms with Crippen molar-refractivity contribution in [3.8, 4) is 22.9 Å². The molecule has 0 atom stereocenters. The van der Waals surface area contributed by atoms with Gasteiger partial charge in [-0.05, 0) is 18.2 Å². The summed E-state index contributed by atoms with van der Waals surface area (Å²) in [4.78, 5) is 25.3. The van der Waals surface area contributed by atoms with Gasteiger partial charge in [0.15, 0.2) is 12.0 Å². The van der Waals surface area contributed by atoms with E-state index in [9.17, 15) is 18.4 Å². The lowest BCUT2D eigenvalue weighted by Gasteiger charge is -2.08. The lowest BCUT2D eigenvalue weighted by atomic mass is 10.1. The molecule has 3 rings (SSSR count). The minimum Gasteiger partial charge on any atom is -0.618 e. The number of carboxylic acids is 1. The van der Waals surface area contributed by atoms with Gasteiger partial charge in [-0.25, -0.2) is 24.7 Å². The molecule has 3 heterocycles. The molecule has 5 N–H and O–H groups in total. The Bertz CT molecular complexity index is 999. The first kappa shape index (κ1) is 20.3. The van der Waals surface area contributed by atoms with E-state index in [1.54, 1.807) is 18.2 Å². The van der Waals surface area contributed by atoms with Gasteiger partial charge < -0.3 is 21.8 Å². The minimum atomic E-state index is -5.08. The molecule has 0 radical (unpaired) electrons. The van der Waals surface area contributed by atoms with Crippen molar-refractivity contribution >= 4 is 17.6 Å². The van der Waals surface area contributed by atoms with Crippen molar-refractivity contribution in [2.75, 3.05) is 11.5 Å². The third-order valence-corrected chi connectivity index (χ3v) is 3.01. The van der Waals surface area contributed by atoms with Gasteiger partial charge in [0.05, 0.1) is 5.56 Å². The van der Waals surface area contributed by atoms with Crippen molar-refractivity contribution in [2.24, 2.45) is 0 Å². The summed E-state index contributed by atoms with van der Waals surface area (Å²) < 4.78 is 32.4. The van der Waals surface area contributed by atoms with E-state index in [0.29, 0.717) is 21.9 Å². The summed E-state index contributed by atoms with van der Waals surface area (Å²) in [5.74, 6) is -1.66. The Labute approximate surface area is 154 Å². The van der Waals surface area contributed by atoms with E-state index in [1.807, 2.05) is 0 Å². The zero-order chi connectivity index (χ0) is 20.9. The van der Waals surface area contributed by atoms with E-state index in [4.69, 9.17) is 21.4 Å². The molecule has 0 unspecified atom stereocenters. The zero-order valence-corrected chi connectivity index (χ0v) is 13.8. The number of nitrogens with zero attached hydrogens (tertiary/aromatic N) is 5. The maximum absolute atomic E-state index is 12.1. The van der Waals surface area contributed by atoms with Crippen molar-refractivity contribution in [3.05, 3.63) is 48.1 Å². The number of carboxylic acid groups (broad SMARTS) is 1. The van der Waals surface area contributed by atoms with Gasteiger partial charge in [-0.3, -0.25) is 0 Å². The number of aromatic nitrogens is 5. The second-order valence-corrected chi connectivity index (χ2v) is 5.01. The van der Waals surface area contributed by atoms with Crippen LogP contribution in [-0.4, -0.2) is 37.2 Å². The van der Waals surface area contributed by atoms with E-state index < -0.39 is 12.1 Å². The van der Waals surface area contributed by atoms with Crippen molar-refractivity contribution in [3.63, 3.8) is 0 Å². The van der Waals surface area contributed by atoms with Gasteiger partial charge in [-0.15, -0.1) is 0 Å². The van der Waals surface area contributed by atoms with Gasteiger partial charge in [-0.1, -0.05) is 0 Å². The fourth-order valence-corrected chi connectivity index (χ4v) is 1.88. The number of aliphatic carboxylic acids is 1. The van der Waals surface area contributed by atoms with Crippen molar-refractivity contribution in [1.82, 2.24) is 19.9 Å². The SMILES string of the molecule is Nc1ccnc(-c2ccc[n+]([O-])c2-c2nccc(N)n2)n1.O=C(O)C(F)(F)F. The van der Waals surface area contributed by atoms with Crippen LogP contribution in [0.1, 0.15) is 0 Å². The van der Waals surface area contributed by atoms with Crippen LogP contribution in [0.15, 0.2) is 42.9 Å². The number of alkyl halides is 3. The Balaban J connectivity index is 0.000000345. The number of hydrogen-bond acceptors (Lipinski definition) is 8. The van der Waals surface area contributed by atoms with Crippen LogP contribution in [0.25, 0.3) is 22.9 Å². The summed E-state index contributed by atoms with van der Waals surface area (Å²) in [6.07, 6.45) is -0.740. The highest BCUT2D eigenvalue weighted by atomic mass is 19.4. The second kappa shape index (κ2) is 8.11. The highest BCUT2D eigenvalue weighted by molar-refractivity contribution is 5.73. The number of nitrogen functional groups attached to an aromatic ring is 2. The molecule has 0 saturated carbocycles. The van der Waals surface area contributed by atoms with Crippen LogP contribution in [0.5, 0.6) is 0 Å². The maximum Gasteiger partial charge on any atom is 0.490 e. The highest BCUT2D eigenvalue weighted by Gasteiger charge is 2.38. The Morgan fingerprint density at radius 3 is 2.04 bits per heavy atom. The smallest absolute Gasteiger partial charge is 0.490 e. The lowest BCUT2D eigenvalue weighted by Crippen LogP contribution is -2.30. The summed E-state index contributed by atoms with van der Waals surface area (Å²) in [6.45, 7) is 0. The van der Waals surface area contributed by atoms with Gasteiger partial charge in [0.1, 0.15) is 11.6 Å². The van der Waals surface area contributed by atoms with Crippen molar-refractivity contribution in [2.45, 2.75) is 6.18 Å². The minimum absolute atomic E-state index is 0.201. The fourth-order valence-electron chi connectivity index (χ4n) is 1.88. The molecule has 0 saturated heterocycles. The Hall–Kier alpha value is -4.03. The number of hydrogen-bond donors (Lipinski definition) is 3. The molecule has 0 bridgehead atoms. The second-order valence-electron chi connectivity index (χ2n) is 5.01. The summed E-state index contributed by atoms with van der Waals surface area (Å²) >= 11 is 0. The average Bonchev–Trinajstić information content (AvgIpc) is 2.61. The van der Waals surface area contributed by atoms with Gasteiger partial charge >= 0.3 is 12.1 Å². The Morgan fingerprint density at radius 1 is 1.04 bits per heavy atom. The maximum atomic E-state index is 12.1. The largest absolute Gasteiger partial charge is 0.618 e. The van der Waals surface area contributed by atoms with Gasteiger partial charge in [-0.2, -0.15) is 17.9 Å². The van der Waals surface area contributed by atoms with E-state index in [-0.39, 0.29) is 17.3 Å². The van der Waals surface area contributed by atoms with Gasteiger partial charge in [0.2, 0.25) is 5.82 Å². The summed E-state index contributed by atoms with van der Waals surface area (Å²) in [5, 5.41) is 19.2. The van der Waals surface area contributed by atoms with Crippen molar-refractivity contribution < 1.29 is 27.8 Å². The van der Waals surface area contributed by atoms with E-state index in [0.717, 1.165) is 0 Å². The van der Waals surface area contributed by atoms with Crippen LogP contribution < -0.4 is 16.2 Å². The standard InChI is InChI=1S/C13H11N7O.C2HF3O2/c14-9-3-5-16-12(18-9)8-2-1-7-20(21)11(8)13-17-6-4-10(15)19-13;3-2(4,5)1(6)7/h1-7H,(H2,14,16,18)(H2,15,17,19);(H,6,7). The normalized spacial score (nSPS) is 10.7. The van der Waals surface area contributed by atoms with Gasteiger partial charge in [0.25, 0.3) is 5.69 Å². The average molecular weight is 395 g/mol. The van der Waals surface area contributed by atoms with Crippen LogP contribution in [0.2, 0.25) is 0 Å². The Kier molecular flexibility index (Phi) is 5.88. The predicted octanol–water partition coefficient (Wildman–Crippen LogP) is 1.03. The van der Waals surface area contributed by atoms with Crippen LogP contribution in [0.4, 0.5) is 24.8 Å². The molecule has 0 spiro atoms. The third kappa shape index (κ3) is 5.00. The number of halogens is 3. The molecule has 3 aromatic heterocycles. The quantitative estimate of drug-likeness (QED) is 0.424. The first-order valence-corrected chi connectivity index (χ1v) is 7.29. The molecule has 28 heavy (non-hydrogen) atoms. The Morgan fingerprint density at radius 2 is 1.54 bits per heavy atom. The highest BCUT2D eigenvalue weighted by Crippen LogP contribution is 2.24. The molecule has 3 aromatic rings. The topological polar surface area (TPSA) is 168 Å². The van der Waals surface area contributed by atoms with Crippen LogP contribution in [0, 0.1) is 5.21 Å². The summed E-state index contributed by atoms with van der Waals surface area (Å²) in [7, 11) is 0. The molecule has 10 nitrogen and oxygen atoms in total. The number of pyridine rings is 1. The van der Waals surface area contributed by atoms with Crippen LogP contribution in [-0.2, 0) is 4.79 Å². The van der Waals surface area contributed by atoms with Crippen LogP contribution >= 0.6 is 0 Å². The lowest BCUT2D eigenvalue weighted by molar-refractivity contribution is -0.593. The molecule has 0 amide bonds. The molecule has 146 valence electrons. The monoisotopic (exact) mass is 395 g/mol. The fraction of sp³-hybridized carbons (Fsp3) is 0.0667. The molecular formula is C15H12F3N7O3. The summed E-state index contributed by atoms with van der Waals surface area (Å²) in [5.41, 5.74) is 12.0. The number of anilines is 2. The van der Waals surface area contributed by atoms with E-state index in [2.05, 4.69) is 19.9 Å². The number of carbonyl (C=O) groups is 1. The molecular weight excluding hydrogens is 383 g/mol. The van der Waals surface area contributed by atoms with Crippen LogP contribution in [0.3, 0.4) is 0 Å². The molecule has 13 heteroatoms. The molecule has 0 aliphatic heterocycles. The van der Waals surface area contributed by atoms with Crippen molar-refractivity contribution in [1.29, 1.82) is 0 Å². The molecule has 0 fully saturated rings. The predicted molar refractivity (Wildman–Crippen MR) is 90.0 cm³/mol. The third-order valence-electron chi connectivity index (χ3n) is 3.01. The molecule has 0 aliphatic rings. The summed E-state index contributed by atoms with van der Waals surface area (Å²) in [6, 6.07) is 6.39.